The molecule has 3 aromatic rings. The SMILES string of the molecule is Cc1ccc2oc(Nc3nnc(C)n3C)nc2c1. The molecule has 0 unspecified atom stereocenters. The molecule has 0 amide bonds. The predicted molar refractivity (Wildman–Crippen MR) is 67.8 cm³/mol. The molecule has 0 spiro atoms. The van der Waals surface area contributed by atoms with Crippen molar-refractivity contribution in [3.05, 3.63) is 29.6 Å². The third kappa shape index (κ3) is 1.71. The zero-order valence-corrected chi connectivity index (χ0v) is 10.4. The van der Waals surface area contributed by atoms with Crippen molar-refractivity contribution in [2.45, 2.75) is 13.8 Å². The Balaban J connectivity index is 1.98. The summed E-state index contributed by atoms with van der Waals surface area (Å²) in [6.07, 6.45) is 0. The quantitative estimate of drug-likeness (QED) is 0.748. The second kappa shape index (κ2) is 3.83. The van der Waals surface area contributed by atoms with Crippen LogP contribution in [0, 0.1) is 13.8 Å². The maximum Gasteiger partial charge on any atom is 0.302 e. The van der Waals surface area contributed by atoms with Crippen molar-refractivity contribution in [1.29, 1.82) is 0 Å². The summed E-state index contributed by atoms with van der Waals surface area (Å²) in [5, 5.41) is 11.0. The second-order valence-electron chi connectivity index (χ2n) is 4.25. The van der Waals surface area contributed by atoms with E-state index in [1.807, 2.05) is 43.7 Å². The van der Waals surface area contributed by atoms with Crippen LogP contribution in [0.3, 0.4) is 0 Å². The second-order valence-corrected chi connectivity index (χ2v) is 4.25. The Morgan fingerprint density at radius 3 is 2.78 bits per heavy atom. The fraction of sp³-hybridized carbons (Fsp3) is 0.250. The molecule has 1 N–H and O–H groups in total. The van der Waals surface area contributed by atoms with Crippen LogP contribution in [0.25, 0.3) is 11.1 Å². The van der Waals surface area contributed by atoms with Gasteiger partial charge in [-0.3, -0.25) is 5.32 Å². The summed E-state index contributed by atoms with van der Waals surface area (Å²) in [4.78, 5) is 4.36. The van der Waals surface area contributed by atoms with E-state index in [0.29, 0.717) is 12.0 Å². The van der Waals surface area contributed by atoms with Gasteiger partial charge in [-0.1, -0.05) is 6.07 Å². The highest BCUT2D eigenvalue weighted by atomic mass is 16.4. The van der Waals surface area contributed by atoms with E-state index in [4.69, 9.17) is 4.42 Å². The molecule has 2 heterocycles. The molecule has 6 nitrogen and oxygen atoms in total. The van der Waals surface area contributed by atoms with Crippen LogP contribution in [0.15, 0.2) is 22.6 Å². The monoisotopic (exact) mass is 243 g/mol. The van der Waals surface area contributed by atoms with Gasteiger partial charge in [-0.2, -0.15) is 4.98 Å². The Bertz CT molecular complexity index is 712. The Morgan fingerprint density at radius 2 is 2.06 bits per heavy atom. The molecule has 0 fully saturated rings. The number of fused-ring (bicyclic) bond motifs is 1. The number of nitrogens with zero attached hydrogens (tertiary/aromatic N) is 4. The summed E-state index contributed by atoms with van der Waals surface area (Å²) < 4.78 is 7.42. The smallest absolute Gasteiger partial charge is 0.302 e. The van der Waals surface area contributed by atoms with Gasteiger partial charge in [0.1, 0.15) is 11.3 Å². The lowest BCUT2D eigenvalue weighted by molar-refractivity contribution is 0.620. The molecule has 1 aromatic carbocycles. The van der Waals surface area contributed by atoms with E-state index in [2.05, 4.69) is 20.5 Å². The molecule has 2 aromatic heterocycles. The van der Waals surface area contributed by atoms with Crippen LogP contribution in [-0.2, 0) is 7.05 Å². The number of hydrogen-bond acceptors (Lipinski definition) is 5. The molecule has 0 aliphatic carbocycles. The molecule has 0 radical (unpaired) electrons. The highest BCUT2D eigenvalue weighted by molar-refractivity contribution is 5.75. The molecule has 6 heteroatoms. The molecule has 18 heavy (non-hydrogen) atoms. The molecule has 0 bridgehead atoms. The van der Waals surface area contributed by atoms with Crippen LogP contribution < -0.4 is 5.32 Å². The van der Waals surface area contributed by atoms with Gasteiger partial charge in [0.25, 0.3) is 0 Å². The van der Waals surface area contributed by atoms with Crippen molar-refractivity contribution >= 4 is 23.1 Å². The maximum absolute atomic E-state index is 5.59. The van der Waals surface area contributed by atoms with Crippen LogP contribution in [-0.4, -0.2) is 19.7 Å². The molecule has 92 valence electrons. The number of aromatic nitrogens is 4. The number of aryl methyl sites for hydroxylation is 2. The van der Waals surface area contributed by atoms with Gasteiger partial charge in [0.2, 0.25) is 5.95 Å². The summed E-state index contributed by atoms with van der Waals surface area (Å²) in [5.41, 5.74) is 2.73. The minimum Gasteiger partial charge on any atom is -0.423 e. The fourth-order valence-corrected chi connectivity index (χ4v) is 1.70. The highest BCUT2D eigenvalue weighted by Gasteiger charge is 2.10. The topological polar surface area (TPSA) is 68.8 Å². The van der Waals surface area contributed by atoms with Gasteiger partial charge in [-0.05, 0) is 31.5 Å². The molecule has 0 saturated heterocycles. The molecular weight excluding hydrogens is 230 g/mol. The molecule has 0 saturated carbocycles. The minimum atomic E-state index is 0.422. The van der Waals surface area contributed by atoms with Crippen molar-refractivity contribution in [2.24, 2.45) is 7.05 Å². The Labute approximate surface area is 104 Å². The van der Waals surface area contributed by atoms with E-state index in [1.165, 1.54) is 0 Å². The van der Waals surface area contributed by atoms with Crippen molar-refractivity contribution in [2.75, 3.05) is 5.32 Å². The van der Waals surface area contributed by atoms with Crippen LogP contribution in [0.2, 0.25) is 0 Å². The first-order valence-electron chi connectivity index (χ1n) is 5.64. The van der Waals surface area contributed by atoms with Crippen LogP contribution in [0.5, 0.6) is 0 Å². The van der Waals surface area contributed by atoms with Crippen LogP contribution in [0.4, 0.5) is 12.0 Å². The van der Waals surface area contributed by atoms with E-state index < -0.39 is 0 Å². The van der Waals surface area contributed by atoms with Gasteiger partial charge in [0, 0.05) is 7.05 Å². The van der Waals surface area contributed by atoms with E-state index in [0.717, 1.165) is 22.5 Å². The first-order valence-corrected chi connectivity index (χ1v) is 5.64. The third-order valence-electron chi connectivity index (χ3n) is 2.85. The van der Waals surface area contributed by atoms with Crippen molar-refractivity contribution < 1.29 is 4.42 Å². The van der Waals surface area contributed by atoms with Gasteiger partial charge in [0.05, 0.1) is 0 Å². The van der Waals surface area contributed by atoms with Crippen molar-refractivity contribution in [1.82, 2.24) is 19.7 Å². The lowest BCUT2D eigenvalue weighted by Gasteiger charge is -1.99. The van der Waals surface area contributed by atoms with Gasteiger partial charge in [-0.15, -0.1) is 10.2 Å². The summed E-state index contributed by atoms with van der Waals surface area (Å²) in [6, 6.07) is 6.30. The van der Waals surface area contributed by atoms with E-state index in [9.17, 15) is 0 Å². The summed E-state index contributed by atoms with van der Waals surface area (Å²) in [7, 11) is 1.88. The first-order chi connectivity index (χ1) is 8.63. The summed E-state index contributed by atoms with van der Waals surface area (Å²) >= 11 is 0. The molecular formula is C12H13N5O. The number of benzene rings is 1. The third-order valence-corrected chi connectivity index (χ3v) is 2.85. The van der Waals surface area contributed by atoms with Crippen molar-refractivity contribution in [3.63, 3.8) is 0 Å². The predicted octanol–water partition coefficient (Wildman–Crippen LogP) is 2.32. The molecule has 0 aliphatic rings. The standard InChI is InChI=1S/C12H13N5O/c1-7-4-5-10-9(6-7)13-12(18-10)14-11-16-15-8(2)17(11)3/h4-6H,1-3H3,(H,13,14,16). The molecule has 0 atom stereocenters. The van der Waals surface area contributed by atoms with Crippen LogP contribution >= 0.6 is 0 Å². The first kappa shape index (κ1) is 10.8. The number of hydrogen-bond donors (Lipinski definition) is 1. The number of oxazole rings is 1. The number of nitrogens with one attached hydrogen (secondary N) is 1. The van der Waals surface area contributed by atoms with Gasteiger partial charge in [-0.25, -0.2) is 0 Å². The van der Waals surface area contributed by atoms with E-state index >= 15 is 0 Å². The summed E-state index contributed by atoms with van der Waals surface area (Å²) in [5.74, 6) is 1.43. The zero-order chi connectivity index (χ0) is 12.7. The highest BCUT2D eigenvalue weighted by Crippen LogP contribution is 2.22. The zero-order valence-electron chi connectivity index (χ0n) is 10.4. The average Bonchev–Trinajstić information content (AvgIpc) is 2.86. The van der Waals surface area contributed by atoms with Gasteiger partial charge in [0.15, 0.2) is 5.58 Å². The number of rotatable bonds is 2. The van der Waals surface area contributed by atoms with E-state index in [1.54, 1.807) is 0 Å². The Kier molecular flexibility index (Phi) is 2.29. The largest absolute Gasteiger partial charge is 0.423 e. The minimum absolute atomic E-state index is 0.422. The fourth-order valence-electron chi connectivity index (χ4n) is 1.70. The van der Waals surface area contributed by atoms with Gasteiger partial charge < -0.3 is 8.98 Å². The lowest BCUT2D eigenvalue weighted by atomic mass is 10.2. The summed E-state index contributed by atoms with van der Waals surface area (Å²) in [6.45, 7) is 3.90. The number of anilines is 2. The van der Waals surface area contributed by atoms with Crippen LogP contribution in [0.1, 0.15) is 11.4 Å². The van der Waals surface area contributed by atoms with Gasteiger partial charge >= 0.3 is 6.01 Å². The normalized spacial score (nSPS) is 11.1. The average molecular weight is 243 g/mol. The molecule has 0 aliphatic heterocycles. The maximum atomic E-state index is 5.59. The Morgan fingerprint density at radius 1 is 1.22 bits per heavy atom. The van der Waals surface area contributed by atoms with E-state index in [-0.39, 0.29) is 0 Å². The molecule has 3 rings (SSSR count). The lowest BCUT2D eigenvalue weighted by Crippen LogP contribution is -2.00. The Hall–Kier alpha value is -2.37. The van der Waals surface area contributed by atoms with Crippen molar-refractivity contribution in [3.8, 4) is 0 Å².